The molecule has 3 atom stereocenters. The van der Waals surface area contributed by atoms with Gasteiger partial charge in [0, 0.05) is 5.92 Å². The highest BCUT2D eigenvalue weighted by atomic mass is 16.7. The Morgan fingerprint density at radius 2 is 2.28 bits per heavy atom. The van der Waals surface area contributed by atoms with E-state index in [0.717, 1.165) is 12.0 Å². The van der Waals surface area contributed by atoms with Crippen molar-refractivity contribution in [2.75, 3.05) is 20.3 Å². The van der Waals surface area contributed by atoms with Gasteiger partial charge >= 0.3 is 5.97 Å². The summed E-state index contributed by atoms with van der Waals surface area (Å²) in [6.45, 7) is 1.10. The summed E-state index contributed by atoms with van der Waals surface area (Å²) in [6, 6.07) is 1.90. The highest BCUT2D eigenvalue weighted by molar-refractivity contribution is 5.79. The summed E-state index contributed by atoms with van der Waals surface area (Å²) in [4.78, 5) is 12.3. The largest absolute Gasteiger partial charge is 0.472 e. The molecule has 0 aliphatic carbocycles. The molecule has 1 aromatic rings. The number of rotatable bonds is 2. The van der Waals surface area contributed by atoms with E-state index in [1.165, 1.54) is 7.11 Å². The van der Waals surface area contributed by atoms with Crippen LogP contribution >= 0.6 is 0 Å². The number of hydrogen-bond acceptors (Lipinski definition) is 5. The zero-order valence-electron chi connectivity index (χ0n) is 10.3. The predicted octanol–water partition coefficient (Wildman–Crippen LogP) is 1.69. The zero-order valence-corrected chi connectivity index (χ0v) is 10.3. The molecule has 0 radical (unpaired) electrons. The maximum absolute atomic E-state index is 12.3. The topological polar surface area (TPSA) is 57.9 Å². The highest BCUT2D eigenvalue weighted by Crippen LogP contribution is 2.52. The van der Waals surface area contributed by atoms with Gasteiger partial charge in [0.25, 0.3) is 0 Å². The molecule has 0 aromatic carbocycles. The van der Waals surface area contributed by atoms with E-state index in [1.54, 1.807) is 12.5 Å². The van der Waals surface area contributed by atoms with Crippen LogP contribution in [0.5, 0.6) is 0 Å². The normalized spacial score (nSPS) is 35.2. The van der Waals surface area contributed by atoms with Crippen LogP contribution < -0.4 is 0 Å². The third kappa shape index (κ3) is 1.51. The summed E-state index contributed by atoms with van der Waals surface area (Å²) in [5.74, 6) is -0.221. The summed E-state index contributed by atoms with van der Waals surface area (Å²) in [7, 11) is 1.41. The van der Waals surface area contributed by atoms with Crippen LogP contribution in [0.3, 0.4) is 0 Å². The maximum Gasteiger partial charge on any atom is 0.317 e. The van der Waals surface area contributed by atoms with Crippen LogP contribution in [0, 0.1) is 5.41 Å². The van der Waals surface area contributed by atoms with E-state index in [4.69, 9.17) is 18.6 Å². The molecule has 2 saturated heterocycles. The molecule has 2 fully saturated rings. The Hall–Kier alpha value is -1.33. The second kappa shape index (κ2) is 4.40. The van der Waals surface area contributed by atoms with Crippen LogP contribution in [0.4, 0.5) is 0 Å². The van der Waals surface area contributed by atoms with Gasteiger partial charge < -0.3 is 18.6 Å². The fourth-order valence-electron chi connectivity index (χ4n) is 3.16. The van der Waals surface area contributed by atoms with E-state index in [9.17, 15) is 4.79 Å². The molecule has 0 amide bonds. The number of carbonyl (C=O) groups excluding carboxylic acids is 1. The first-order valence-corrected chi connectivity index (χ1v) is 6.13. The molecule has 5 heteroatoms. The molecular weight excluding hydrogens is 236 g/mol. The van der Waals surface area contributed by atoms with Gasteiger partial charge in [-0.15, -0.1) is 0 Å². The van der Waals surface area contributed by atoms with Crippen LogP contribution in [0.2, 0.25) is 0 Å². The second-order valence-corrected chi connectivity index (χ2v) is 4.75. The molecule has 5 nitrogen and oxygen atoms in total. The van der Waals surface area contributed by atoms with Crippen LogP contribution in [0.25, 0.3) is 0 Å². The van der Waals surface area contributed by atoms with Crippen LogP contribution in [0.15, 0.2) is 23.0 Å². The molecule has 3 heterocycles. The summed E-state index contributed by atoms with van der Waals surface area (Å²) in [5, 5.41) is 0. The van der Waals surface area contributed by atoms with E-state index in [1.807, 2.05) is 6.07 Å². The monoisotopic (exact) mass is 252 g/mol. The number of esters is 1. The Kier molecular flexibility index (Phi) is 2.87. The summed E-state index contributed by atoms with van der Waals surface area (Å²) in [6.07, 6.45) is 4.21. The lowest BCUT2D eigenvalue weighted by Gasteiger charge is -2.41. The molecule has 1 aromatic heterocycles. The minimum absolute atomic E-state index is 0.0324. The minimum atomic E-state index is -0.725. The quantitative estimate of drug-likeness (QED) is 0.750. The van der Waals surface area contributed by atoms with E-state index >= 15 is 0 Å². The van der Waals surface area contributed by atoms with E-state index < -0.39 is 11.7 Å². The molecule has 0 bridgehead atoms. The molecule has 2 aliphatic heterocycles. The van der Waals surface area contributed by atoms with Gasteiger partial charge in [-0.1, -0.05) is 0 Å². The Morgan fingerprint density at radius 1 is 1.44 bits per heavy atom. The van der Waals surface area contributed by atoms with Crippen LogP contribution in [-0.4, -0.2) is 32.6 Å². The Bertz CT molecular complexity index is 427. The first-order valence-electron chi connectivity index (χ1n) is 6.13. The molecule has 0 saturated carbocycles. The molecule has 0 N–H and O–H groups in total. The molecule has 3 rings (SSSR count). The lowest BCUT2D eigenvalue weighted by molar-refractivity contribution is -0.209. The average Bonchev–Trinajstić information content (AvgIpc) is 3.06. The molecule has 2 aliphatic rings. The van der Waals surface area contributed by atoms with Gasteiger partial charge in [0.15, 0.2) is 6.29 Å². The minimum Gasteiger partial charge on any atom is -0.472 e. The summed E-state index contributed by atoms with van der Waals surface area (Å²) >= 11 is 0. The fraction of sp³-hybridized carbons (Fsp3) is 0.615. The highest BCUT2D eigenvalue weighted by Gasteiger charge is 2.59. The smallest absolute Gasteiger partial charge is 0.317 e. The van der Waals surface area contributed by atoms with Crippen LogP contribution in [0.1, 0.15) is 24.3 Å². The second-order valence-electron chi connectivity index (χ2n) is 4.75. The van der Waals surface area contributed by atoms with Gasteiger partial charge in [-0.25, -0.2) is 0 Å². The van der Waals surface area contributed by atoms with Crippen LogP contribution in [-0.2, 0) is 19.0 Å². The summed E-state index contributed by atoms with van der Waals surface area (Å²) in [5.41, 5.74) is 0.288. The van der Waals surface area contributed by atoms with E-state index in [0.29, 0.717) is 19.6 Å². The molecule has 0 unspecified atom stereocenters. The number of carbonyl (C=O) groups is 1. The molecular formula is C13H16O5. The van der Waals surface area contributed by atoms with Gasteiger partial charge in [0.2, 0.25) is 0 Å². The van der Waals surface area contributed by atoms with Crippen molar-refractivity contribution in [2.45, 2.75) is 25.0 Å². The Labute approximate surface area is 105 Å². The third-order valence-corrected chi connectivity index (χ3v) is 4.01. The third-order valence-electron chi connectivity index (χ3n) is 4.01. The number of furan rings is 1. The molecule has 98 valence electrons. The number of ether oxygens (including phenoxy) is 3. The Balaban J connectivity index is 2.03. The van der Waals surface area contributed by atoms with Crippen molar-refractivity contribution in [1.29, 1.82) is 0 Å². The van der Waals surface area contributed by atoms with E-state index in [2.05, 4.69) is 0 Å². The van der Waals surface area contributed by atoms with Crippen molar-refractivity contribution in [2.24, 2.45) is 5.41 Å². The van der Waals surface area contributed by atoms with Gasteiger partial charge in [-0.05, 0) is 24.5 Å². The van der Waals surface area contributed by atoms with Crippen molar-refractivity contribution in [3.05, 3.63) is 24.2 Å². The Morgan fingerprint density at radius 3 is 3.00 bits per heavy atom. The first kappa shape index (κ1) is 11.7. The standard InChI is InChI=1S/C13H16O5/c1-15-11(14)13-4-7-18-12(13)17-6-3-10(13)9-2-5-16-8-9/h2,5,8,10,12H,3-4,6-7H2,1H3/t10-,12-,13-/m1/s1. The SMILES string of the molecule is COC(=O)[C@]12CCO[C@H]1OCC[C@@H]2c1ccoc1. The van der Waals surface area contributed by atoms with E-state index in [-0.39, 0.29) is 11.9 Å². The number of methoxy groups -OCH3 is 1. The number of hydrogen-bond donors (Lipinski definition) is 0. The molecule has 18 heavy (non-hydrogen) atoms. The van der Waals surface area contributed by atoms with Gasteiger partial charge in [-0.3, -0.25) is 4.79 Å². The zero-order chi connectivity index (χ0) is 12.6. The van der Waals surface area contributed by atoms with Crippen molar-refractivity contribution in [3.63, 3.8) is 0 Å². The molecule has 0 spiro atoms. The van der Waals surface area contributed by atoms with Crippen molar-refractivity contribution < 1.29 is 23.4 Å². The van der Waals surface area contributed by atoms with Gasteiger partial charge in [0.05, 0.1) is 32.8 Å². The lowest BCUT2D eigenvalue weighted by Crippen LogP contribution is -2.49. The maximum atomic E-state index is 12.3. The van der Waals surface area contributed by atoms with Gasteiger partial charge in [0.1, 0.15) is 5.41 Å². The van der Waals surface area contributed by atoms with Gasteiger partial charge in [-0.2, -0.15) is 0 Å². The van der Waals surface area contributed by atoms with Crippen molar-refractivity contribution in [3.8, 4) is 0 Å². The lowest BCUT2D eigenvalue weighted by atomic mass is 9.68. The first-order chi connectivity index (χ1) is 8.79. The average molecular weight is 252 g/mol. The predicted molar refractivity (Wildman–Crippen MR) is 60.8 cm³/mol. The van der Waals surface area contributed by atoms with Crippen molar-refractivity contribution >= 4 is 5.97 Å². The number of fused-ring (bicyclic) bond motifs is 1. The summed E-state index contributed by atoms with van der Waals surface area (Å²) < 4.78 is 21.3. The fourth-order valence-corrected chi connectivity index (χ4v) is 3.16. The van der Waals surface area contributed by atoms with Crippen molar-refractivity contribution in [1.82, 2.24) is 0 Å².